The average Bonchev–Trinajstić information content (AvgIpc) is 3.01. The molecule has 29 heavy (non-hydrogen) atoms. The number of aliphatic hydroxyl groups is 3. The van der Waals surface area contributed by atoms with E-state index in [1.807, 2.05) is 0 Å². The molecule has 4 atom stereocenters. The number of anilines is 1. The van der Waals surface area contributed by atoms with Crippen molar-refractivity contribution in [3.05, 3.63) is 58.1 Å². The first kappa shape index (κ1) is 20.6. The van der Waals surface area contributed by atoms with Crippen LogP contribution in [0.1, 0.15) is 26.9 Å². The summed E-state index contributed by atoms with van der Waals surface area (Å²) in [6, 6.07) is 7.00. The largest absolute Gasteiger partial charge is 0.465 e. The molecule has 2 heterocycles. The predicted octanol–water partition coefficient (Wildman–Crippen LogP) is -1.11. The molecule has 4 N–H and O–H groups in total. The number of carbonyl (C=O) groups excluding carboxylic acids is 2. The topological polar surface area (TPSA) is 160 Å². The number of esters is 1. The molecule has 0 unspecified atom stereocenters. The summed E-state index contributed by atoms with van der Waals surface area (Å²) in [6.07, 6.45) is -3.80. The third-order valence-electron chi connectivity index (χ3n) is 4.43. The number of ether oxygens (including phenoxy) is 2. The van der Waals surface area contributed by atoms with E-state index in [-0.39, 0.29) is 16.9 Å². The zero-order valence-electron chi connectivity index (χ0n) is 15.3. The fraction of sp³-hybridized carbons (Fsp3) is 0.333. The summed E-state index contributed by atoms with van der Waals surface area (Å²) in [5.41, 5.74) is -0.325. The third-order valence-corrected chi connectivity index (χ3v) is 4.43. The first-order valence-corrected chi connectivity index (χ1v) is 8.57. The smallest absolute Gasteiger partial charge is 0.351 e. The Hall–Kier alpha value is -3.12. The second-order valence-electron chi connectivity index (χ2n) is 6.25. The molecule has 3 rings (SSSR count). The van der Waals surface area contributed by atoms with Crippen molar-refractivity contribution >= 4 is 17.7 Å². The van der Waals surface area contributed by atoms with Gasteiger partial charge in [-0.25, -0.2) is 9.59 Å². The Kier molecular flexibility index (Phi) is 6.03. The van der Waals surface area contributed by atoms with E-state index < -0.39 is 48.7 Å². The highest BCUT2D eigenvalue weighted by molar-refractivity contribution is 6.04. The number of hydrogen-bond acceptors (Lipinski definition) is 9. The highest BCUT2D eigenvalue weighted by atomic mass is 16.6. The number of amides is 1. The molecule has 1 aliphatic heterocycles. The van der Waals surface area contributed by atoms with Gasteiger partial charge in [-0.05, 0) is 30.3 Å². The van der Waals surface area contributed by atoms with Gasteiger partial charge in [0, 0.05) is 11.8 Å². The Labute approximate surface area is 164 Å². The van der Waals surface area contributed by atoms with E-state index in [0.717, 1.165) is 4.57 Å². The van der Waals surface area contributed by atoms with E-state index in [1.165, 1.54) is 43.6 Å². The third kappa shape index (κ3) is 4.17. The van der Waals surface area contributed by atoms with Crippen molar-refractivity contribution in [2.24, 2.45) is 0 Å². The van der Waals surface area contributed by atoms with E-state index in [4.69, 9.17) is 9.84 Å². The molecule has 1 amide bonds. The molecule has 0 saturated carbocycles. The summed E-state index contributed by atoms with van der Waals surface area (Å²) in [6.45, 7) is -0.528. The Morgan fingerprint density at radius 2 is 1.83 bits per heavy atom. The number of benzene rings is 1. The van der Waals surface area contributed by atoms with Crippen molar-refractivity contribution in [1.82, 2.24) is 9.55 Å². The number of rotatable bonds is 5. The van der Waals surface area contributed by atoms with Gasteiger partial charge in [-0.1, -0.05) is 0 Å². The molecule has 0 radical (unpaired) electrons. The average molecular weight is 405 g/mol. The van der Waals surface area contributed by atoms with Gasteiger partial charge in [0.1, 0.15) is 24.1 Å². The lowest BCUT2D eigenvalue weighted by Crippen LogP contribution is -2.36. The number of carbonyl (C=O) groups is 2. The lowest BCUT2D eigenvalue weighted by Gasteiger charge is -2.17. The van der Waals surface area contributed by atoms with Gasteiger partial charge >= 0.3 is 11.7 Å². The molecule has 0 spiro atoms. The van der Waals surface area contributed by atoms with E-state index in [1.54, 1.807) is 0 Å². The van der Waals surface area contributed by atoms with Gasteiger partial charge < -0.3 is 30.1 Å². The molecule has 154 valence electrons. The van der Waals surface area contributed by atoms with Gasteiger partial charge in [0.15, 0.2) is 6.23 Å². The van der Waals surface area contributed by atoms with Crippen LogP contribution in [0.5, 0.6) is 0 Å². The van der Waals surface area contributed by atoms with Crippen LogP contribution >= 0.6 is 0 Å². The Morgan fingerprint density at radius 1 is 1.17 bits per heavy atom. The van der Waals surface area contributed by atoms with Crippen LogP contribution in [0, 0.1) is 0 Å². The first-order valence-electron chi connectivity index (χ1n) is 8.57. The Morgan fingerprint density at radius 3 is 2.38 bits per heavy atom. The molecule has 11 nitrogen and oxygen atoms in total. The van der Waals surface area contributed by atoms with E-state index in [0.29, 0.717) is 0 Å². The van der Waals surface area contributed by atoms with Crippen LogP contribution < -0.4 is 11.0 Å². The van der Waals surface area contributed by atoms with Crippen molar-refractivity contribution in [3.63, 3.8) is 0 Å². The van der Waals surface area contributed by atoms with Gasteiger partial charge in [-0.2, -0.15) is 4.98 Å². The minimum atomic E-state index is -1.43. The number of methoxy groups -OCH3 is 1. The number of aromatic nitrogens is 2. The maximum absolute atomic E-state index is 12.3. The Balaban J connectivity index is 1.73. The molecule has 1 aromatic carbocycles. The monoisotopic (exact) mass is 405 g/mol. The molecule has 0 aliphatic carbocycles. The van der Waals surface area contributed by atoms with Crippen molar-refractivity contribution in [3.8, 4) is 0 Å². The van der Waals surface area contributed by atoms with Crippen molar-refractivity contribution in [2.45, 2.75) is 24.5 Å². The second kappa shape index (κ2) is 8.49. The van der Waals surface area contributed by atoms with Gasteiger partial charge in [0.25, 0.3) is 5.91 Å². The number of nitrogens with zero attached hydrogens (tertiary/aromatic N) is 2. The molecule has 1 fully saturated rings. The number of aliphatic hydroxyl groups excluding tert-OH is 3. The van der Waals surface area contributed by atoms with Crippen LogP contribution in [0.25, 0.3) is 0 Å². The predicted molar refractivity (Wildman–Crippen MR) is 97.2 cm³/mol. The minimum absolute atomic E-state index is 0.0416. The molecule has 1 saturated heterocycles. The summed E-state index contributed by atoms with van der Waals surface area (Å²) >= 11 is 0. The van der Waals surface area contributed by atoms with Crippen molar-refractivity contribution in [1.29, 1.82) is 0 Å². The summed E-state index contributed by atoms with van der Waals surface area (Å²) in [5.74, 6) is -1.13. The fourth-order valence-electron chi connectivity index (χ4n) is 2.85. The lowest BCUT2D eigenvalue weighted by molar-refractivity contribution is -0.0549. The second-order valence-corrected chi connectivity index (χ2v) is 6.25. The van der Waals surface area contributed by atoms with Gasteiger partial charge in [-0.3, -0.25) is 9.36 Å². The maximum Gasteiger partial charge on any atom is 0.351 e. The van der Waals surface area contributed by atoms with Gasteiger partial charge in [0.2, 0.25) is 0 Å². The van der Waals surface area contributed by atoms with Crippen molar-refractivity contribution < 1.29 is 34.4 Å². The molecule has 11 heteroatoms. The molecular weight excluding hydrogens is 386 g/mol. The molecule has 2 aromatic rings. The molecule has 1 aromatic heterocycles. The number of hydrogen-bond donors (Lipinski definition) is 4. The van der Waals surface area contributed by atoms with E-state index >= 15 is 0 Å². The van der Waals surface area contributed by atoms with Crippen LogP contribution in [0.2, 0.25) is 0 Å². The lowest BCUT2D eigenvalue weighted by atomic mass is 10.1. The molecule has 0 bridgehead atoms. The fourth-order valence-corrected chi connectivity index (χ4v) is 2.85. The minimum Gasteiger partial charge on any atom is -0.465 e. The maximum atomic E-state index is 12.3. The Bertz CT molecular complexity index is 958. The molecular formula is C18H19N3O8. The first-order chi connectivity index (χ1) is 13.8. The van der Waals surface area contributed by atoms with Crippen LogP contribution in [-0.2, 0) is 9.47 Å². The summed E-state index contributed by atoms with van der Waals surface area (Å²) in [7, 11) is 1.25. The number of nitrogens with one attached hydrogen (secondary N) is 1. The van der Waals surface area contributed by atoms with Crippen LogP contribution in [0.3, 0.4) is 0 Å². The highest BCUT2D eigenvalue weighted by Crippen LogP contribution is 2.28. The zero-order valence-corrected chi connectivity index (χ0v) is 15.3. The standard InChI is InChI=1S/C18H19N3O8/c1-28-17(26)10-4-2-9(3-5-10)15(25)19-12-6-7-21(18(27)20-12)16-14(24)13(23)11(8-22)29-16/h2-7,11,13-14,16,22-24H,8H2,1H3,(H,19,20,25,27)/t11-,13-,14+,16-/m1/s1. The molecule has 1 aliphatic rings. The SMILES string of the molecule is COC(=O)c1ccc(C(=O)Nc2ccn([C@@H]3O[C@H](CO)[C@@H](O)[C@@H]3O)c(=O)n2)cc1. The van der Waals surface area contributed by atoms with E-state index in [2.05, 4.69) is 15.0 Å². The van der Waals surface area contributed by atoms with Crippen LogP contribution in [-0.4, -0.2) is 68.8 Å². The van der Waals surface area contributed by atoms with Crippen LogP contribution in [0.4, 0.5) is 5.82 Å². The summed E-state index contributed by atoms with van der Waals surface area (Å²) in [4.78, 5) is 39.7. The van der Waals surface area contributed by atoms with Gasteiger partial charge in [0.05, 0.1) is 19.3 Å². The van der Waals surface area contributed by atoms with Crippen LogP contribution in [0.15, 0.2) is 41.3 Å². The van der Waals surface area contributed by atoms with Crippen molar-refractivity contribution in [2.75, 3.05) is 19.0 Å². The summed E-state index contributed by atoms with van der Waals surface area (Å²) < 4.78 is 10.8. The van der Waals surface area contributed by atoms with E-state index in [9.17, 15) is 24.6 Å². The quantitative estimate of drug-likeness (QED) is 0.452. The zero-order chi connectivity index (χ0) is 21.1. The summed E-state index contributed by atoms with van der Waals surface area (Å²) in [5, 5.41) is 31.4. The van der Waals surface area contributed by atoms with Gasteiger partial charge in [-0.15, -0.1) is 0 Å². The highest BCUT2D eigenvalue weighted by Gasteiger charge is 2.43. The normalized spacial score (nSPS) is 23.6.